The van der Waals surface area contributed by atoms with Crippen LogP contribution in [0.5, 0.6) is 11.5 Å². The molecule has 7 heteroatoms. The van der Waals surface area contributed by atoms with Gasteiger partial charge in [0.05, 0.1) is 20.8 Å². The summed E-state index contributed by atoms with van der Waals surface area (Å²) in [5, 5.41) is 0. The number of carbonyl (C=O) groups excluding carboxylic acids is 2. The highest BCUT2D eigenvalue weighted by Gasteiger charge is 2.50. The Morgan fingerprint density at radius 1 is 0.897 bits per heavy atom. The molecule has 1 aliphatic rings. The number of nitrogens with zero attached hydrogens (tertiary/aromatic N) is 2. The summed E-state index contributed by atoms with van der Waals surface area (Å²) in [6, 6.07) is 13.9. The van der Waals surface area contributed by atoms with Gasteiger partial charge >= 0.3 is 5.97 Å². The highest BCUT2D eigenvalue weighted by molar-refractivity contribution is 6.09. The first-order valence-electron chi connectivity index (χ1n) is 9.61. The lowest BCUT2D eigenvalue weighted by molar-refractivity contribution is -0.144. The van der Waals surface area contributed by atoms with Crippen molar-refractivity contribution in [2.75, 3.05) is 30.6 Å². The van der Waals surface area contributed by atoms with Gasteiger partial charge in [-0.15, -0.1) is 0 Å². The fraction of sp³-hybridized carbons (Fsp3) is 0.364. The van der Waals surface area contributed by atoms with E-state index in [0.717, 1.165) is 5.69 Å². The number of rotatable bonds is 7. The Balaban J connectivity index is 2.08. The molecule has 1 amide bonds. The monoisotopic (exact) mass is 398 g/mol. The third kappa shape index (κ3) is 3.85. The Kier molecular flexibility index (Phi) is 6.26. The predicted molar refractivity (Wildman–Crippen MR) is 110 cm³/mol. The summed E-state index contributed by atoms with van der Waals surface area (Å²) in [5.41, 5.74) is 1.36. The van der Waals surface area contributed by atoms with Gasteiger partial charge in [-0.1, -0.05) is 6.92 Å². The molecular weight excluding hydrogens is 372 g/mol. The summed E-state index contributed by atoms with van der Waals surface area (Å²) in [6.07, 6.45) is -0.345. The molecule has 0 spiro atoms. The number of ether oxygens (including phenoxy) is 3. The van der Waals surface area contributed by atoms with Crippen LogP contribution in [0.2, 0.25) is 0 Å². The number of anilines is 2. The van der Waals surface area contributed by atoms with Gasteiger partial charge in [-0.3, -0.25) is 9.69 Å². The summed E-state index contributed by atoms with van der Waals surface area (Å²) in [6.45, 7) is 3.91. The normalized spacial score (nSPS) is 18.7. The second kappa shape index (κ2) is 8.86. The number of hydrogen-bond acceptors (Lipinski definition) is 6. The fourth-order valence-electron chi connectivity index (χ4n) is 3.59. The van der Waals surface area contributed by atoms with Crippen LogP contribution < -0.4 is 19.3 Å². The smallest absolute Gasteiger partial charge is 0.350 e. The number of carbonyl (C=O) groups is 2. The summed E-state index contributed by atoms with van der Waals surface area (Å²) < 4.78 is 15.8. The minimum Gasteiger partial charge on any atom is -0.497 e. The average molecular weight is 398 g/mol. The Morgan fingerprint density at radius 2 is 1.41 bits per heavy atom. The first-order chi connectivity index (χ1) is 14.0. The van der Waals surface area contributed by atoms with E-state index in [4.69, 9.17) is 14.2 Å². The molecule has 0 unspecified atom stereocenters. The van der Waals surface area contributed by atoms with Gasteiger partial charge in [-0.2, -0.15) is 0 Å². The molecule has 7 nitrogen and oxygen atoms in total. The van der Waals surface area contributed by atoms with Crippen molar-refractivity contribution in [3.05, 3.63) is 48.5 Å². The predicted octanol–water partition coefficient (Wildman–Crippen LogP) is 3.22. The molecule has 0 bridgehead atoms. The van der Waals surface area contributed by atoms with Crippen LogP contribution in [0, 0.1) is 0 Å². The van der Waals surface area contributed by atoms with Gasteiger partial charge in [0.2, 0.25) is 6.17 Å². The maximum atomic E-state index is 13.3. The third-order valence-electron chi connectivity index (χ3n) is 4.97. The highest BCUT2D eigenvalue weighted by Crippen LogP contribution is 2.36. The highest BCUT2D eigenvalue weighted by atomic mass is 16.5. The maximum Gasteiger partial charge on any atom is 0.350 e. The molecule has 2 aromatic rings. The molecule has 1 saturated heterocycles. The van der Waals surface area contributed by atoms with Gasteiger partial charge in [0.1, 0.15) is 17.5 Å². The lowest BCUT2D eigenvalue weighted by Gasteiger charge is -2.31. The van der Waals surface area contributed by atoms with Crippen LogP contribution in [-0.2, 0) is 14.3 Å². The SMILES string of the molecule is CCOC(=O)[C@@H]1N(c2ccc(OC)cc2)C(=O)[C@H](CC)N1c1ccc(OC)cc1. The lowest BCUT2D eigenvalue weighted by atomic mass is 10.1. The van der Waals surface area contributed by atoms with Crippen LogP contribution in [0.25, 0.3) is 0 Å². The van der Waals surface area contributed by atoms with Crippen LogP contribution in [0.1, 0.15) is 20.3 Å². The van der Waals surface area contributed by atoms with Crippen LogP contribution in [-0.4, -0.2) is 44.9 Å². The Morgan fingerprint density at radius 3 is 1.86 bits per heavy atom. The topological polar surface area (TPSA) is 68.3 Å². The number of esters is 1. The summed E-state index contributed by atoms with van der Waals surface area (Å²) in [4.78, 5) is 29.6. The van der Waals surface area contributed by atoms with Gasteiger partial charge < -0.3 is 19.1 Å². The fourth-order valence-corrected chi connectivity index (χ4v) is 3.59. The number of benzene rings is 2. The van der Waals surface area contributed by atoms with Crippen molar-refractivity contribution in [1.82, 2.24) is 0 Å². The Labute approximate surface area is 170 Å². The van der Waals surface area contributed by atoms with Crippen molar-refractivity contribution < 1.29 is 23.8 Å². The van der Waals surface area contributed by atoms with E-state index in [1.54, 1.807) is 45.4 Å². The molecule has 0 radical (unpaired) electrons. The number of hydrogen-bond donors (Lipinski definition) is 0. The minimum absolute atomic E-state index is 0.147. The second-order valence-electron chi connectivity index (χ2n) is 6.56. The Bertz CT molecular complexity index is 851. The molecule has 2 atom stereocenters. The zero-order chi connectivity index (χ0) is 21.0. The lowest BCUT2D eigenvalue weighted by Crippen LogP contribution is -2.48. The molecule has 2 aromatic carbocycles. The van der Waals surface area contributed by atoms with E-state index < -0.39 is 18.2 Å². The van der Waals surface area contributed by atoms with E-state index >= 15 is 0 Å². The molecule has 154 valence electrons. The molecule has 0 N–H and O–H groups in total. The standard InChI is InChI=1S/C22H26N2O5/c1-5-19-21(25)24(16-9-13-18(28-4)14-10-16)20(22(26)29-6-2)23(19)15-7-11-17(27-3)12-8-15/h7-14,19-20H,5-6H2,1-4H3/t19-,20-/m0/s1. The van der Waals surface area contributed by atoms with E-state index in [1.165, 1.54) is 4.90 Å². The average Bonchev–Trinajstić information content (AvgIpc) is 3.06. The number of methoxy groups -OCH3 is 2. The van der Waals surface area contributed by atoms with Gasteiger partial charge in [0.25, 0.3) is 5.91 Å². The van der Waals surface area contributed by atoms with E-state index in [2.05, 4.69) is 0 Å². The van der Waals surface area contributed by atoms with Crippen molar-refractivity contribution in [3.8, 4) is 11.5 Å². The molecule has 1 heterocycles. The van der Waals surface area contributed by atoms with E-state index in [-0.39, 0.29) is 12.5 Å². The van der Waals surface area contributed by atoms with Gasteiger partial charge in [-0.25, -0.2) is 4.79 Å². The first kappa shape index (κ1) is 20.5. The third-order valence-corrected chi connectivity index (χ3v) is 4.97. The van der Waals surface area contributed by atoms with Crippen molar-refractivity contribution in [1.29, 1.82) is 0 Å². The zero-order valence-electron chi connectivity index (χ0n) is 17.1. The maximum absolute atomic E-state index is 13.3. The molecule has 1 aliphatic heterocycles. The summed E-state index contributed by atoms with van der Waals surface area (Å²) in [5.74, 6) is 0.758. The Hall–Kier alpha value is -3.22. The second-order valence-corrected chi connectivity index (χ2v) is 6.56. The molecule has 3 rings (SSSR count). The van der Waals surface area contributed by atoms with Crippen LogP contribution in [0.4, 0.5) is 11.4 Å². The molecular formula is C22H26N2O5. The van der Waals surface area contributed by atoms with Crippen LogP contribution >= 0.6 is 0 Å². The molecule has 0 aliphatic carbocycles. The van der Waals surface area contributed by atoms with E-state index in [9.17, 15) is 9.59 Å². The van der Waals surface area contributed by atoms with Crippen molar-refractivity contribution in [2.45, 2.75) is 32.5 Å². The largest absolute Gasteiger partial charge is 0.497 e. The molecule has 0 aromatic heterocycles. The van der Waals surface area contributed by atoms with Crippen molar-refractivity contribution >= 4 is 23.3 Å². The summed E-state index contributed by atoms with van der Waals surface area (Å²) in [7, 11) is 3.17. The van der Waals surface area contributed by atoms with Gasteiger partial charge in [-0.05, 0) is 61.9 Å². The quantitative estimate of drug-likeness (QED) is 0.667. The van der Waals surface area contributed by atoms with Crippen LogP contribution in [0.3, 0.4) is 0 Å². The molecule has 29 heavy (non-hydrogen) atoms. The molecule has 1 fully saturated rings. The van der Waals surface area contributed by atoms with Crippen molar-refractivity contribution in [3.63, 3.8) is 0 Å². The zero-order valence-corrected chi connectivity index (χ0v) is 17.1. The first-order valence-corrected chi connectivity index (χ1v) is 9.61. The van der Waals surface area contributed by atoms with Crippen molar-refractivity contribution in [2.24, 2.45) is 0 Å². The van der Waals surface area contributed by atoms with Gasteiger partial charge in [0, 0.05) is 11.4 Å². The molecule has 0 saturated carbocycles. The van der Waals surface area contributed by atoms with Crippen LogP contribution in [0.15, 0.2) is 48.5 Å². The van der Waals surface area contributed by atoms with E-state index in [0.29, 0.717) is 23.6 Å². The number of amides is 1. The van der Waals surface area contributed by atoms with E-state index in [1.807, 2.05) is 36.1 Å². The van der Waals surface area contributed by atoms with Gasteiger partial charge in [0.15, 0.2) is 0 Å². The minimum atomic E-state index is -0.894. The summed E-state index contributed by atoms with van der Waals surface area (Å²) >= 11 is 0.